The van der Waals surface area contributed by atoms with Gasteiger partial charge in [0.05, 0.1) is 17.7 Å². The fraction of sp³-hybridized carbons (Fsp3) is 0.250. The van der Waals surface area contributed by atoms with E-state index in [-0.39, 0.29) is 23.7 Å². The van der Waals surface area contributed by atoms with E-state index in [2.05, 4.69) is 15.1 Å². The molecule has 0 radical (unpaired) electrons. The van der Waals surface area contributed by atoms with E-state index >= 15 is 0 Å². The van der Waals surface area contributed by atoms with Crippen LogP contribution in [0.1, 0.15) is 38.8 Å². The molecule has 3 aromatic carbocycles. The summed E-state index contributed by atoms with van der Waals surface area (Å²) in [5, 5.41) is 12.5. The number of nitrogens with one attached hydrogen (secondary N) is 1. The highest BCUT2D eigenvalue weighted by atomic mass is 16.4. The lowest BCUT2D eigenvalue weighted by atomic mass is 10.1. The van der Waals surface area contributed by atoms with Crippen LogP contribution in [0.3, 0.4) is 0 Å². The number of hydrogen-bond donors (Lipinski definition) is 2. The average molecular weight is 472 g/mol. The van der Waals surface area contributed by atoms with Gasteiger partial charge in [-0.1, -0.05) is 29.8 Å². The van der Waals surface area contributed by atoms with Crippen molar-refractivity contribution >= 4 is 34.7 Å². The second-order valence-electron chi connectivity index (χ2n) is 8.82. The lowest BCUT2D eigenvalue weighted by Gasteiger charge is -2.37. The Kier molecular flexibility index (Phi) is 7.15. The number of carboxylic acids is 1. The van der Waals surface area contributed by atoms with E-state index in [1.165, 1.54) is 0 Å². The van der Waals surface area contributed by atoms with Crippen LogP contribution in [0, 0.1) is 6.92 Å². The van der Waals surface area contributed by atoms with E-state index < -0.39 is 5.97 Å². The maximum atomic E-state index is 12.5. The Hall–Kier alpha value is -4.13. The summed E-state index contributed by atoms with van der Waals surface area (Å²) in [6.07, 6.45) is 0.177. The minimum absolute atomic E-state index is 0.0467. The number of aryl methyl sites for hydroxylation is 1. The van der Waals surface area contributed by atoms with Crippen LogP contribution in [0.5, 0.6) is 0 Å². The molecule has 7 nitrogen and oxygen atoms in total. The van der Waals surface area contributed by atoms with E-state index in [0.29, 0.717) is 11.3 Å². The van der Waals surface area contributed by atoms with Gasteiger partial charge in [0.15, 0.2) is 5.78 Å². The minimum Gasteiger partial charge on any atom is -0.478 e. The highest BCUT2D eigenvalue weighted by Gasteiger charge is 2.21. The van der Waals surface area contributed by atoms with Gasteiger partial charge in [0.25, 0.3) is 0 Å². The number of carbonyl (C=O) groups excluding carboxylic acids is 2. The Balaban J connectivity index is 1.41. The van der Waals surface area contributed by atoms with Crippen LogP contribution in [0.4, 0.5) is 17.1 Å². The number of hydrogen-bond acceptors (Lipinski definition) is 5. The predicted molar refractivity (Wildman–Crippen MR) is 138 cm³/mol. The number of Topliss-reactive ketones (excluding diaryl/α,β-unsaturated/α-hetero) is 1. The van der Waals surface area contributed by atoms with Gasteiger partial charge in [-0.25, -0.2) is 4.79 Å². The molecule has 0 aromatic heterocycles. The van der Waals surface area contributed by atoms with Crippen LogP contribution in [0.2, 0.25) is 0 Å². The Labute approximate surface area is 205 Å². The van der Waals surface area contributed by atoms with Crippen LogP contribution < -0.4 is 15.1 Å². The highest BCUT2D eigenvalue weighted by Crippen LogP contribution is 2.26. The monoisotopic (exact) mass is 471 g/mol. The molecule has 1 amide bonds. The Morgan fingerprint density at radius 1 is 0.829 bits per heavy atom. The molecule has 4 rings (SSSR count). The Bertz CT molecular complexity index is 1230. The first-order chi connectivity index (χ1) is 16.8. The maximum Gasteiger partial charge on any atom is 0.337 e. The van der Waals surface area contributed by atoms with Crippen molar-refractivity contribution < 1.29 is 19.5 Å². The fourth-order valence-corrected chi connectivity index (χ4v) is 4.23. The topological polar surface area (TPSA) is 90.0 Å². The summed E-state index contributed by atoms with van der Waals surface area (Å²) in [5.74, 6) is -1.29. The largest absolute Gasteiger partial charge is 0.478 e. The first kappa shape index (κ1) is 24.0. The van der Waals surface area contributed by atoms with Gasteiger partial charge in [-0.05, 0) is 61.9 Å². The molecule has 35 heavy (non-hydrogen) atoms. The van der Waals surface area contributed by atoms with Gasteiger partial charge < -0.3 is 20.2 Å². The normalized spacial score (nSPS) is 13.4. The van der Waals surface area contributed by atoms with Gasteiger partial charge in [0.2, 0.25) is 5.91 Å². The number of carbonyl (C=O) groups is 3. The first-order valence-corrected chi connectivity index (χ1v) is 11.6. The quantitative estimate of drug-likeness (QED) is 0.497. The molecule has 0 spiro atoms. The number of anilines is 3. The summed E-state index contributed by atoms with van der Waals surface area (Å²) in [7, 11) is 0. The number of aromatic carboxylic acids is 1. The number of nitrogens with zero attached hydrogens (tertiary/aromatic N) is 2. The van der Waals surface area contributed by atoms with Crippen LogP contribution in [0.25, 0.3) is 0 Å². The summed E-state index contributed by atoms with van der Waals surface area (Å²) in [4.78, 5) is 40.4. The molecule has 3 aromatic rings. The molecule has 0 bridgehead atoms. The highest BCUT2D eigenvalue weighted by molar-refractivity contribution is 6.02. The molecule has 0 saturated carbocycles. The van der Waals surface area contributed by atoms with Crippen LogP contribution in [-0.4, -0.2) is 48.9 Å². The second kappa shape index (κ2) is 10.4. The van der Waals surface area contributed by atoms with Crippen LogP contribution in [0.15, 0.2) is 66.7 Å². The van der Waals surface area contributed by atoms with Crippen LogP contribution in [-0.2, 0) is 11.2 Å². The lowest BCUT2D eigenvalue weighted by molar-refractivity contribution is -0.115. The van der Waals surface area contributed by atoms with Crippen molar-refractivity contribution in [3.05, 3.63) is 89.0 Å². The van der Waals surface area contributed by atoms with Crippen molar-refractivity contribution in [3.8, 4) is 0 Å². The molecule has 0 atom stereocenters. The smallest absolute Gasteiger partial charge is 0.337 e. The zero-order valence-corrected chi connectivity index (χ0v) is 20.0. The summed E-state index contributed by atoms with van der Waals surface area (Å²) in [6.45, 7) is 6.55. The molecule has 1 saturated heterocycles. The third kappa shape index (κ3) is 5.87. The first-order valence-electron chi connectivity index (χ1n) is 11.6. The van der Waals surface area contributed by atoms with Gasteiger partial charge in [0, 0.05) is 43.1 Å². The molecule has 0 unspecified atom stereocenters. The van der Waals surface area contributed by atoms with Crippen LogP contribution >= 0.6 is 0 Å². The molecule has 2 N–H and O–H groups in total. The van der Waals surface area contributed by atoms with E-state index in [4.69, 9.17) is 0 Å². The zero-order valence-electron chi connectivity index (χ0n) is 20.0. The number of rotatable bonds is 7. The second-order valence-corrected chi connectivity index (χ2v) is 8.82. The Morgan fingerprint density at radius 3 is 1.97 bits per heavy atom. The van der Waals surface area contributed by atoms with Crippen molar-refractivity contribution in [2.75, 3.05) is 41.3 Å². The molecular formula is C28H29N3O4. The summed E-state index contributed by atoms with van der Waals surface area (Å²) in [6, 6.07) is 20.4. The van der Waals surface area contributed by atoms with E-state index in [1.807, 2.05) is 61.5 Å². The van der Waals surface area contributed by atoms with Gasteiger partial charge >= 0.3 is 5.97 Å². The number of benzene rings is 3. The number of ketones is 1. The third-order valence-electron chi connectivity index (χ3n) is 6.28. The van der Waals surface area contributed by atoms with E-state index in [9.17, 15) is 19.5 Å². The number of amides is 1. The van der Waals surface area contributed by atoms with E-state index in [0.717, 1.165) is 48.7 Å². The zero-order chi connectivity index (χ0) is 24.9. The standard InChI is InChI=1S/C28H29N3O4/c1-19-3-5-21(6-4-19)17-27(33)29-26-12-11-24(18-25(26)28(34)35)31-15-13-30(14-16-31)23-9-7-22(8-10-23)20(2)32/h3-12,18H,13-17H2,1-2H3,(H,29,33)(H,34,35). The van der Waals surface area contributed by atoms with Crippen molar-refractivity contribution in [2.45, 2.75) is 20.3 Å². The fourth-order valence-electron chi connectivity index (χ4n) is 4.23. The predicted octanol–water partition coefficient (Wildman–Crippen LogP) is 4.40. The van der Waals surface area contributed by atoms with Gasteiger partial charge in [-0.15, -0.1) is 0 Å². The third-order valence-corrected chi connectivity index (χ3v) is 6.28. The number of piperazine rings is 1. The molecule has 1 heterocycles. The van der Waals surface area contributed by atoms with Crippen molar-refractivity contribution in [1.82, 2.24) is 0 Å². The molecule has 7 heteroatoms. The molecule has 1 aliphatic heterocycles. The summed E-state index contributed by atoms with van der Waals surface area (Å²) >= 11 is 0. The van der Waals surface area contributed by atoms with Gasteiger partial charge in [-0.2, -0.15) is 0 Å². The summed E-state index contributed by atoms with van der Waals surface area (Å²) < 4.78 is 0. The van der Waals surface area contributed by atoms with E-state index in [1.54, 1.807) is 19.1 Å². The molecule has 0 aliphatic carbocycles. The van der Waals surface area contributed by atoms with Gasteiger partial charge in [0.1, 0.15) is 0 Å². The molecule has 1 fully saturated rings. The van der Waals surface area contributed by atoms with Gasteiger partial charge in [-0.3, -0.25) is 9.59 Å². The van der Waals surface area contributed by atoms with Crippen molar-refractivity contribution in [3.63, 3.8) is 0 Å². The number of carboxylic acid groups (broad SMARTS) is 1. The van der Waals surface area contributed by atoms with Crippen molar-refractivity contribution in [2.24, 2.45) is 0 Å². The maximum absolute atomic E-state index is 12.5. The molecule has 1 aliphatic rings. The summed E-state index contributed by atoms with van der Waals surface area (Å²) in [5.41, 5.74) is 4.92. The SMILES string of the molecule is CC(=O)c1ccc(N2CCN(c3ccc(NC(=O)Cc4ccc(C)cc4)c(C(=O)O)c3)CC2)cc1. The van der Waals surface area contributed by atoms with Crippen molar-refractivity contribution in [1.29, 1.82) is 0 Å². The molecule has 180 valence electrons. The lowest BCUT2D eigenvalue weighted by Crippen LogP contribution is -2.46. The Morgan fingerprint density at radius 2 is 1.40 bits per heavy atom. The molecular weight excluding hydrogens is 442 g/mol. The minimum atomic E-state index is -1.08. The average Bonchev–Trinajstić information content (AvgIpc) is 2.86.